The Morgan fingerprint density at radius 2 is 1.67 bits per heavy atom. The van der Waals surface area contributed by atoms with E-state index in [9.17, 15) is 8.42 Å². The van der Waals surface area contributed by atoms with Gasteiger partial charge in [0.25, 0.3) is 0 Å². The summed E-state index contributed by atoms with van der Waals surface area (Å²) in [5.74, 6) is 1.12. The van der Waals surface area contributed by atoms with Crippen molar-refractivity contribution >= 4 is 15.9 Å². The van der Waals surface area contributed by atoms with E-state index in [2.05, 4.69) is 10.0 Å². The van der Waals surface area contributed by atoms with Gasteiger partial charge >= 0.3 is 0 Å². The number of rotatable bonds is 11. The van der Waals surface area contributed by atoms with Crippen molar-refractivity contribution in [2.45, 2.75) is 36.3 Å². The number of nitrogens with two attached hydrogens (primary N) is 1. The minimum atomic E-state index is -3.77. The van der Waals surface area contributed by atoms with Gasteiger partial charge in [-0.2, -0.15) is 0 Å². The monoisotopic (exact) mass is 508 g/mol. The Labute approximate surface area is 212 Å². The SMILES string of the molecule is N=C(N)c1ccccc1OC[C@H](Cc1ccc(OC2CCNCC2)cc1)NS(=O)(=O)c1ccccc1. The van der Waals surface area contributed by atoms with E-state index in [1.54, 1.807) is 54.6 Å². The minimum absolute atomic E-state index is 0.0592. The smallest absolute Gasteiger partial charge is 0.240 e. The molecule has 1 saturated heterocycles. The number of para-hydroxylation sites is 1. The molecule has 3 aromatic carbocycles. The molecule has 3 aromatic rings. The molecule has 190 valence electrons. The largest absolute Gasteiger partial charge is 0.491 e. The van der Waals surface area contributed by atoms with Gasteiger partial charge in [-0.05, 0) is 74.3 Å². The van der Waals surface area contributed by atoms with Gasteiger partial charge in [-0.3, -0.25) is 5.41 Å². The summed E-state index contributed by atoms with van der Waals surface area (Å²) in [6.07, 6.45) is 2.56. The van der Waals surface area contributed by atoms with Gasteiger partial charge in [0.15, 0.2) is 0 Å². The van der Waals surface area contributed by atoms with Crippen LogP contribution in [0.25, 0.3) is 0 Å². The molecular weight excluding hydrogens is 476 g/mol. The van der Waals surface area contributed by atoms with E-state index in [0.29, 0.717) is 17.7 Å². The van der Waals surface area contributed by atoms with Crippen molar-refractivity contribution < 1.29 is 17.9 Å². The molecule has 9 heteroatoms. The number of amidine groups is 1. The van der Waals surface area contributed by atoms with Gasteiger partial charge < -0.3 is 20.5 Å². The lowest BCUT2D eigenvalue weighted by atomic mass is 10.1. The summed E-state index contributed by atoms with van der Waals surface area (Å²) >= 11 is 0. The number of nitrogen functional groups attached to an aromatic ring is 1. The lowest BCUT2D eigenvalue weighted by molar-refractivity contribution is 0.162. The third kappa shape index (κ3) is 7.07. The number of piperidine rings is 1. The van der Waals surface area contributed by atoms with Crippen molar-refractivity contribution in [1.29, 1.82) is 5.41 Å². The molecule has 1 aliphatic heterocycles. The molecule has 0 unspecified atom stereocenters. The average Bonchev–Trinajstić information content (AvgIpc) is 2.89. The van der Waals surface area contributed by atoms with Crippen LogP contribution in [0.4, 0.5) is 0 Å². The summed E-state index contributed by atoms with van der Waals surface area (Å²) in [5, 5.41) is 11.1. The highest BCUT2D eigenvalue weighted by Gasteiger charge is 2.22. The zero-order valence-corrected chi connectivity index (χ0v) is 20.8. The second-order valence-corrected chi connectivity index (χ2v) is 10.5. The van der Waals surface area contributed by atoms with Crippen LogP contribution in [0.15, 0.2) is 83.8 Å². The van der Waals surface area contributed by atoms with E-state index < -0.39 is 16.1 Å². The summed E-state index contributed by atoms with van der Waals surface area (Å²) < 4.78 is 40.9. The maximum atomic E-state index is 13.0. The molecule has 0 saturated carbocycles. The van der Waals surface area contributed by atoms with Crippen LogP contribution < -0.4 is 25.2 Å². The van der Waals surface area contributed by atoms with Crippen LogP contribution in [-0.2, 0) is 16.4 Å². The molecule has 4 rings (SSSR count). The average molecular weight is 509 g/mol. The van der Waals surface area contributed by atoms with Gasteiger partial charge in [0, 0.05) is 0 Å². The van der Waals surface area contributed by atoms with Gasteiger partial charge in [0.05, 0.1) is 16.5 Å². The van der Waals surface area contributed by atoms with Crippen LogP contribution in [0.5, 0.6) is 11.5 Å². The number of ether oxygens (including phenoxy) is 2. The Bertz CT molecular complexity index is 1240. The summed E-state index contributed by atoms with van der Waals surface area (Å²) in [6.45, 7) is 1.97. The topological polar surface area (TPSA) is 127 Å². The standard InChI is InChI=1S/C27H32N4O4S/c28-27(29)25-8-4-5-9-26(25)34-19-21(31-36(32,33)24-6-2-1-3-7-24)18-20-10-12-22(13-11-20)35-23-14-16-30-17-15-23/h1-13,21,23,30-31H,14-19H2,(H3,28,29)/t21-/m0/s1. The quantitative estimate of drug-likeness (QED) is 0.233. The van der Waals surface area contributed by atoms with Crippen LogP contribution in [-0.4, -0.2) is 46.1 Å². The Morgan fingerprint density at radius 1 is 1.00 bits per heavy atom. The summed E-state index contributed by atoms with van der Waals surface area (Å²) in [5.41, 5.74) is 7.08. The van der Waals surface area contributed by atoms with E-state index in [1.165, 1.54) is 0 Å². The number of hydrogen-bond donors (Lipinski definition) is 4. The van der Waals surface area contributed by atoms with E-state index in [0.717, 1.165) is 37.2 Å². The lowest BCUT2D eigenvalue weighted by Gasteiger charge is -2.24. The third-order valence-electron chi connectivity index (χ3n) is 5.99. The molecule has 8 nitrogen and oxygen atoms in total. The Morgan fingerprint density at radius 3 is 2.36 bits per heavy atom. The van der Waals surface area contributed by atoms with E-state index in [-0.39, 0.29) is 23.4 Å². The first-order valence-electron chi connectivity index (χ1n) is 12.0. The first-order valence-corrected chi connectivity index (χ1v) is 13.5. The van der Waals surface area contributed by atoms with Crippen molar-refractivity contribution in [3.05, 3.63) is 90.0 Å². The zero-order chi connectivity index (χ0) is 25.4. The van der Waals surface area contributed by atoms with Gasteiger partial charge in [-0.15, -0.1) is 0 Å². The third-order valence-corrected chi connectivity index (χ3v) is 7.52. The maximum Gasteiger partial charge on any atom is 0.240 e. The molecule has 36 heavy (non-hydrogen) atoms. The van der Waals surface area contributed by atoms with Crippen molar-refractivity contribution in [1.82, 2.24) is 10.0 Å². The predicted molar refractivity (Wildman–Crippen MR) is 140 cm³/mol. The Kier molecular flexibility index (Phi) is 8.58. The number of benzene rings is 3. The van der Waals surface area contributed by atoms with Crippen LogP contribution >= 0.6 is 0 Å². The molecule has 0 amide bonds. The van der Waals surface area contributed by atoms with Gasteiger partial charge in [-0.1, -0.05) is 42.5 Å². The summed E-state index contributed by atoms with van der Waals surface area (Å²) in [6, 6.07) is 22.4. The molecule has 0 aromatic heterocycles. The second-order valence-electron chi connectivity index (χ2n) is 8.77. The fourth-order valence-electron chi connectivity index (χ4n) is 4.12. The fraction of sp³-hybridized carbons (Fsp3) is 0.296. The molecule has 0 bridgehead atoms. The van der Waals surface area contributed by atoms with E-state index >= 15 is 0 Å². The molecule has 1 heterocycles. The molecule has 0 radical (unpaired) electrons. The predicted octanol–water partition coefficient (Wildman–Crippen LogP) is 3.07. The maximum absolute atomic E-state index is 13.0. The number of hydrogen-bond acceptors (Lipinski definition) is 6. The number of sulfonamides is 1. The van der Waals surface area contributed by atoms with Crippen LogP contribution in [0.2, 0.25) is 0 Å². The van der Waals surface area contributed by atoms with Crippen molar-refractivity contribution in [2.75, 3.05) is 19.7 Å². The molecule has 0 spiro atoms. The van der Waals surface area contributed by atoms with Crippen molar-refractivity contribution in [2.24, 2.45) is 5.73 Å². The van der Waals surface area contributed by atoms with E-state index in [4.69, 9.17) is 20.6 Å². The van der Waals surface area contributed by atoms with Crippen LogP contribution in [0.3, 0.4) is 0 Å². The molecule has 0 aliphatic carbocycles. The minimum Gasteiger partial charge on any atom is -0.491 e. The van der Waals surface area contributed by atoms with Crippen molar-refractivity contribution in [3.63, 3.8) is 0 Å². The molecule has 1 aliphatic rings. The molecule has 1 atom stereocenters. The second kappa shape index (κ2) is 12.0. The van der Waals surface area contributed by atoms with Crippen LogP contribution in [0.1, 0.15) is 24.0 Å². The molecule has 1 fully saturated rings. The Hall–Kier alpha value is -3.40. The molecule has 5 N–H and O–H groups in total. The lowest BCUT2D eigenvalue weighted by Crippen LogP contribution is -2.40. The van der Waals surface area contributed by atoms with E-state index in [1.807, 2.05) is 24.3 Å². The van der Waals surface area contributed by atoms with Gasteiger partial charge in [0.1, 0.15) is 30.0 Å². The first-order chi connectivity index (χ1) is 17.4. The number of nitrogens with one attached hydrogen (secondary N) is 3. The van der Waals surface area contributed by atoms with Gasteiger partial charge in [-0.25, -0.2) is 13.1 Å². The zero-order valence-electron chi connectivity index (χ0n) is 20.0. The highest BCUT2D eigenvalue weighted by molar-refractivity contribution is 7.89. The fourth-order valence-corrected chi connectivity index (χ4v) is 5.36. The summed E-state index contributed by atoms with van der Waals surface area (Å²) in [7, 11) is -3.77. The summed E-state index contributed by atoms with van der Waals surface area (Å²) in [4.78, 5) is 0.185. The van der Waals surface area contributed by atoms with Crippen molar-refractivity contribution in [3.8, 4) is 11.5 Å². The Balaban J connectivity index is 1.49. The normalized spacial score (nSPS) is 15.2. The highest BCUT2D eigenvalue weighted by atomic mass is 32.2. The first kappa shape index (κ1) is 25.7. The molecular formula is C27H32N4O4S. The highest BCUT2D eigenvalue weighted by Crippen LogP contribution is 2.21. The van der Waals surface area contributed by atoms with Crippen LogP contribution in [0, 0.1) is 5.41 Å². The van der Waals surface area contributed by atoms with Gasteiger partial charge in [0.2, 0.25) is 10.0 Å².